The Labute approximate surface area is 156 Å². The van der Waals surface area contributed by atoms with Gasteiger partial charge in [-0.1, -0.05) is 6.07 Å². The minimum atomic E-state index is -0.705. The lowest BCUT2D eigenvalue weighted by atomic mass is 9.89. The fourth-order valence-electron chi connectivity index (χ4n) is 3.01. The van der Waals surface area contributed by atoms with Crippen LogP contribution in [0.25, 0.3) is 0 Å². The topological polar surface area (TPSA) is 42.5 Å². The molecule has 3 rings (SSSR count). The summed E-state index contributed by atoms with van der Waals surface area (Å²) in [6.45, 7) is 3.95. The summed E-state index contributed by atoms with van der Waals surface area (Å²) in [4.78, 5) is 0. The van der Waals surface area contributed by atoms with E-state index in [1.54, 1.807) is 7.11 Å². The molecule has 2 aromatic carbocycles. The molecule has 0 unspecified atom stereocenters. The summed E-state index contributed by atoms with van der Waals surface area (Å²) in [7, 11) is 1.59. The van der Waals surface area contributed by atoms with Crippen molar-refractivity contribution in [2.75, 3.05) is 12.4 Å². The number of rotatable bonds is 3. The number of hydrogen-bond acceptors (Lipinski definition) is 3. The third-order valence-corrected chi connectivity index (χ3v) is 4.40. The number of ether oxygens (including phenoxy) is 2. The molecule has 0 saturated carbocycles. The van der Waals surface area contributed by atoms with Gasteiger partial charge in [0.05, 0.1) is 13.2 Å². The molecular formula is C19H20F2N2O2S. The highest BCUT2D eigenvalue weighted by atomic mass is 32.1. The number of nitrogens with one attached hydrogen (secondary N) is 2. The van der Waals surface area contributed by atoms with Crippen LogP contribution in [-0.4, -0.2) is 17.8 Å². The highest BCUT2D eigenvalue weighted by Gasteiger charge is 2.34. The number of methoxy groups -OCH3 is 1. The van der Waals surface area contributed by atoms with E-state index in [4.69, 9.17) is 21.7 Å². The largest absolute Gasteiger partial charge is 0.497 e. The van der Waals surface area contributed by atoms with Gasteiger partial charge in [-0.05, 0) is 56.4 Å². The molecule has 0 aliphatic carbocycles. The van der Waals surface area contributed by atoms with E-state index in [0.717, 1.165) is 11.3 Å². The Bertz CT molecular complexity index is 822. The zero-order valence-corrected chi connectivity index (χ0v) is 15.5. The first-order chi connectivity index (χ1) is 12.3. The summed E-state index contributed by atoms with van der Waals surface area (Å²) in [6.07, 6.45) is 0.620. The molecule has 26 heavy (non-hydrogen) atoms. The molecule has 1 heterocycles. The van der Waals surface area contributed by atoms with Crippen molar-refractivity contribution in [1.82, 2.24) is 5.32 Å². The first-order valence-corrected chi connectivity index (χ1v) is 8.58. The second-order valence-electron chi connectivity index (χ2n) is 6.72. The number of para-hydroxylation sites is 1. The van der Waals surface area contributed by atoms with Crippen LogP contribution in [0.4, 0.5) is 14.5 Å². The van der Waals surface area contributed by atoms with Gasteiger partial charge in [-0.3, -0.25) is 0 Å². The van der Waals surface area contributed by atoms with Crippen LogP contribution >= 0.6 is 12.2 Å². The van der Waals surface area contributed by atoms with Gasteiger partial charge in [-0.2, -0.15) is 0 Å². The minimum Gasteiger partial charge on any atom is -0.497 e. The van der Waals surface area contributed by atoms with Crippen LogP contribution in [0.1, 0.15) is 31.9 Å². The van der Waals surface area contributed by atoms with E-state index in [2.05, 4.69) is 10.6 Å². The van der Waals surface area contributed by atoms with Crippen LogP contribution < -0.4 is 20.1 Å². The van der Waals surface area contributed by atoms with E-state index in [-0.39, 0.29) is 16.8 Å². The Balaban J connectivity index is 1.84. The highest BCUT2D eigenvalue weighted by Crippen LogP contribution is 2.41. The molecule has 2 N–H and O–H groups in total. The molecule has 138 valence electrons. The number of anilines is 1. The molecule has 2 aromatic rings. The molecule has 0 fully saturated rings. The third kappa shape index (κ3) is 3.88. The lowest BCUT2D eigenvalue weighted by Crippen LogP contribution is -2.42. The lowest BCUT2D eigenvalue weighted by Gasteiger charge is -2.38. The van der Waals surface area contributed by atoms with Crippen molar-refractivity contribution < 1.29 is 18.3 Å². The average Bonchev–Trinajstić information content (AvgIpc) is 2.57. The van der Waals surface area contributed by atoms with Gasteiger partial charge in [0, 0.05) is 12.0 Å². The quantitative estimate of drug-likeness (QED) is 0.767. The third-order valence-electron chi connectivity index (χ3n) is 4.18. The van der Waals surface area contributed by atoms with Crippen LogP contribution in [0.15, 0.2) is 36.4 Å². The number of benzene rings is 2. The zero-order chi connectivity index (χ0) is 18.9. The predicted octanol–water partition coefficient (Wildman–Crippen LogP) is 4.56. The van der Waals surface area contributed by atoms with Crippen molar-refractivity contribution in [3.05, 3.63) is 53.6 Å². The van der Waals surface area contributed by atoms with Gasteiger partial charge in [-0.25, -0.2) is 8.78 Å². The van der Waals surface area contributed by atoms with Crippen LogP contribution in [0.5, 0.6) is 11.5 Å². The van der Waals surface area contributed by atoms with Gasteiger partial charge in [0.1, 0.15) is 34.4 Å². The van der Waals surface area contributed by atoms with Crippen molar-refractivity contribution in [2.24, 2.45) is 0 Å². The molecule has 1 aliphatic heterocycles. The van der Waals surface area contributed by atoms with E-state index in [9.17, 15) is 8.78 Å². The Morgan fingerprint density at radius 3 is 2.58 bits per heavy atom. The molecule has 1 atom stereocenters. The van der Waals surface area contributed by atoms with E-state index >= 15 is 0 Å². The number of halogens is 2. The predicted molar refractivity (Wildman–Crippen MR) is 101 cm³/mol. The van der Waals surface area contributed by atoms with Crippen LogP contribution in [0, 0.1) is 11.6 Å². The first-order valence-electron chi connectivity index (χ1n) is 8.17. The summed E-state index contributed by atoms with van der Waals surface area (Å²) < 4.78 is 38.9. The fraction of sp³-hybridized carbons (Fsp3) is 0.316. The van der Waals surface area contributed by atoms with Crippen LogP contribution in [0.2, 0.25) is 0 Å². The second-order valence-corrected chi connectivity index (χ2v) is 7.13. The SMILES string of the molecule is COc1ccc2c(c1)[C@@H](NC(=S)Nc1c(F)cccc1F)CC(C)(C)O2. The number of hydrogen-bond donors (Lipinski definition) is 2. The van der Waals surface area contributed by atoms with Gasteiger partial charge in [-0.15, -0.1) is 0 Å². The second kappa shape index (κ2) is 7.07. The Kier molecular flexibility index (Phi) is 5.00. The molecule has 0 amide bonds. The minimum absolute atomic E-state index is 0.130. The normalized spacial score (nSPS) is 17.7. The molecule has 0 radical (unpaired) electrons. The van der Waals surface area contributed by atoms with Crippen molar-refractivity contribution in [2.45, 2.75) is 31.9 Å². The Morgan fingerprint density at radius 1 is 1.23 bits per heavy atom. The fourth-order valence-corrected chi connectivity index (χ4v) is 3.26. The molecule has 0 bridgehead atoms. The molecule has 0 saturated heterocycles. The van der Waals surface area contributed by atoms with Crippen LogP contribution in [0.3, 0.4) is 0 Å². The van der Waals surface area contributed by atoms with E-state index in [0.29, 0.717) is 12.2 Å². The van der Waals surface area contributed by atoms with E-state index < -0.39 is 17.2 Å². The van der Waals surface area contributed by atoms with Crippen LogP contribution in [-0.2, 0) is 0 Å². The maximum atomic E-state index is 13.8. The first kappa shape index (κ1) is 18.4. The Hall–Kier alpha value is -2.41. The van der Waals surface area contributed by atoms with Gasteiger partial charge >= 0.3 is 0 Å². The molecule has 1 aliphatic rings. The zero-order valence-electron chi connectivity index (χ0n) is 14.7. The van der Waals surface area contributed by atoms with E-state index in [1.165, 1.54) is 18.2 Å². The number of thiocarbonyl (C=S) groups is 1. The monoisotopic (exact) mass is 378 g/mol. The van der Waals surface area contributed by atoms with Gasteiger partial charge in [0.25, 0.3) is 0 Å². The maximum Gasteiger partial charge on any atom is 0.171 e. The lowest BCUT2D eigenvalue weighted by molar-refractivity contribution is 0.0695. The average molecular weight is 378 g/mol. The van der Waals surface area contributed by atoms with Gasteiger partial charge in [0.15, 0.2) is 5.11 Å². The summed E-state index contributed by atoms with van der Waals surface area (Å²) in [5, 5.41) is 5.88. The van der Waals surface area contributed by atoms with Crippen molar-refractivity contribution >= 4 is 23.0 Å². The standard InChI is InChI=1S/C19H20F2N2O2S/c1-19(2)10-15(12-9-11(24-3)7-8-16(12)25-19)22-18(26)23-17-13(20)5-4-6-14(17)21/h4-9,15H,10H2,1-3H3,(H2,22,23,26)/t15-/m0/s1. The van der Waals surface area contributed by atoms with Crippen molar-refractivity contribution in [3.8, 4) is 11.5 Å². The van der Waals surface area contributed by atoms with E-state index in [1.807, 2.05) is 32.0 Å². The summed E-state index contributed by atoms with van der Waals surface area (Å²) in [5.41, 5.74) is 0.182. The number of fused-ring (bicyclic) bond motifs is 1. The summed E-state index contributed by atoms with van der Waals surface area (Å²) in [6, 6.07) is 8.99. The van der Waals surface area contributed by atoms with Gasteiger partial charge < -0.3 is 20.1 Å². The van der Waals surface area contributed by atoms with Crippen molar-refractivity contribution in [3.63, 3.8) is 0 Å². The smallest absolute Gasteiger partial charge is 0.171 e. The Morgan fingerprint density at radius 2 is 1.92 bits per heavy atom. The molecule has 0 spiro atoms. The van der Waals surface area contributed by atoms with Gasteiger partial charge in [0.2, 0.25) is 0 Å². The molecule has 7 heteroatoms. The maximum absolute atomic E-state index is 13.8. The molecular weight excluding hydrogens is 358 g/mol. The highest BCUT2D eigenvalue weighted by molar-refractivity contribution is 7.80. The molecule has 0 aromatic heterocycles. The van der Waals surface area contributed by atoms with Crippen molar-refractivity contribution in [1.29, 1.82) is 0 Å². The molecule has 4 nitrogen and oxygen atoms in total. The summed E-state index contributed by atoms with van der Waals surface area (Å²) >= 11 is 5.27. The summed E-state index contributed by atoms with van der Waals surface area (Å²) in [5.74, 6) is 0.00403.